The number of ether oxygens (including phenoxy) is 1. The van der Waals surface area contributed by atoms with Crippen molar-refractivity contribution in [1.82, 2.24) is 5.32 Å². The molecule has 0 amide bonds. The van der Waals surface area contributed by atoms with Crippen LogP contribution in [-0.2, 0) is 16.1 Å². The molecule has 3 heteroatoms. The summed E-state index contributed by atoms with van der Waals surface area (Å²) in [5, 5.41) is 3.50. The summed E-state index contributed by atoms with van der Waals surface area (Å²) in [7, 11) is 0. The lowest BCUT2D eigenvalue weighted by Gasteiger charge is -2.31. The van der Waals surface area contributed by atoms with Crippen molar-refractivity contribution in [2.45, 2.75) is 57.5 Å². The van der Waals surface area contributed by atoms with Gasteiger partial charge in [-0.2, -0.15) is 0 Å². The van der Waals surface area contributed by atoms with Crippen LogP contribution in [-0.4, -0.2) is 18.1 Å². The fraction of sp³-hybridized carbons (Fsp3) is 0.588. The molecule has 0 spiro atoms. The number of carbonyl (C=O) groups excluding carboxylic acids is 1. The predicted octanol–water partition coefficient (Wildman–Crippen LogP) is 3.43. The predicted molar refractivity (Wildman–Crippen MR) is 80.3 cm³/mol. The second kappa shape index (κ2) is 7.44. The zero-order valence-electron chi connectivity index (χ0n) is 12.4. The van der Waals surface area contributed by atoms with Gasteiger partial charge in [-0.25, -0.2) is 0 Å². The van der Waals surface area contributed by atoms with Gasteiger partial charge in [0.05, 0.1) is 6.61 Å². The third-order valence-electron chi connectivity index (χ3n) is 4.10. The van der Waals surface area contributed by atoms with E-state index in [9.17, 15) is 4.79 Å². The molecular weight excluding hydrogens is 250 g/mol. The van der Waals surface area contributed by atoms with Gasteiger partial charge in [0.25, 0.3) is 0 Å². The Labute approximate surface area is 121 Å². The van der Waals surface area contributed by atoms with Crippen molar-refractivity contribution in [2.75, 3.05) is 6.61 Å². The fourth-order valence-electron chi connectivity index (χ4n) is 2.92. The first-order valence-corrected chi connectivity index (χ1v) is 7.73. The normalized spacial score (nSPS) is 18.2. The van der Waals surface area contributed by atoms with Crippen molar-refractivity contribution < 1.29 is 9.53 Å². The number of hydrogen-bond acceptors (Lipinski definition) is 3. The molecule has 110 valence electrons. The van der Waals surface area contributed by atoms with Crippen LogP contribution in [0.5, 0.6) is 0 Å². The Morgan fingerprint density at radius 3 is 2.40 bits per heavy atom. The lowest BCUT2D eigenvalue weighted by molar-refractivity contribution is -0.152. The summed E-state index contributed by atoms with van der Waals surface area (Å²) in [5.41, 5.74) is 0.725. The molecule has 3 nitrogen and oxygen atoms in total. The van der Waals surface area contributed by atoms with Gasteiger partial charge in [0.15, 0.2) is 0 Å². The maximum absolute atomic E-state index is 12.4. The number of hydrogen-bond donors (Lipinski definition) is 1. The molecule has 1 N–H and O–H groups in total. The van der Waals surface area contributed by atoms with Gasteiger partial charge in [-0.05, 0) is 25.3 Å². The maximum atomic E-state index is 12.4. The number of rotatable bonds is 5. The standard InChI is InChI=1S/C17H25NO2/c1-2-20-16(19)17(12-8-3-4-9-13-17)18-14-15-10-6-5-7-11-15/h5-7,10-11,18H,2-4,8-9,12-14H2,1H3. The molecule has 20 heavy (non-hydrogen) atoms. The lowest BCUT2D eigenvalue weighted by atomic mass is 9.90. The molecule has 0 aliphatic heterocycles. The largest absolute Gasteiger partial charge is 0.465 e. The third kappa shape index (κ3) is 3.83. The summed E-state index contributed by atoms with van der Waals surface area (Å²) in [4.78, 5) is 12.4. The highest BCUT2D eigenvalue weighted by molar-refractivity contribution is 5.80. The Morgan fingerprint density at radius 2 is 1.80 bits per heavy atom. The molecular formula is C17H25NO2. The van der Waals surface area contributed by atoms with Crippen LogP contribution >= 0.6 is 0 Å². The van der Waals surface area contributed by atoms with Crippen LogP contribution in [0.1, 0.15) is 51.0 Å². The molecule has 0 bridgehead atoms. The summed E-state index contributed by atoms with van der Waals surface area (Å²) in [6, 6.07) is 10.2. The highest BCUT2D eigenvalue weighted by Gasteiger charge is 2.39. The summed E-state index contributed by atoms with van der Waals surface area (Å²) >= 11 is 0. The molecule has 0 atom stereocenters. The average molecular weight is 275 g/mol. The third-order valence-corrected chi connectivity index (χ3v) is 4.10. The number of benzene rings is 1. The first-order valence-electron chi connectivity index (χ1n) is 7.73. The van der Waals surface area contributed by atoms with Crippen molar-refractivity contribution in [3.8, 4) is 0 Å². The number of carbonyl (C=O) groups is 1. The van der Waals surface area contributed by atoms with Crippen LogP contribution in [0.4, 0.5) is 0 Å². The van der Waals surface area contributed by atoms with Crippen LogP contribution < -0.4 is 5.32 Å². The van der Waals surface area contributed by atoms with Crippen molar-refractivity contribution in [3.63, 3.8) is 0 Å². The quantitative estimate of drug-likeness (QED) is 0.661. The van der Waals surface area contributed by atoms with Crippen LogP contribution in [0.25, 0.3) is 0 Å². The van der Waals surface area contributed by atoms with Gasteiger partial charge in [-0.1, -0.05) is 56.0 Å². The fourth-order valence-corrected chi connectivity index (χ4v) is 2.92. The molecule has 0 saturated heterocycles. The van der Waals surface area contributed by atoms with E-state index in [-0.39, 0.29) is 5.97 Å². The van der Waals surface area contributed by atoms with Gasteiger partial charge >= 0.3 is 5.97 Å². The van der Waals surface area contributed by atoms with Gasteiger partial charge < -0.3 is 4.74 Å². The molecule has 0 aromatic heterocycles. The molecule has 0 radical (unpaired) electrons. The molecule has 1 saturated carbocycles. The first kappa shape index (κ1) is 15.0. The minimum absolute atomic E-state index is 0.0715. The molecule has 0 heterocycles. The summed E-state index contributed by atoms with van der Waals surface area (Å²) in [6.45, 7) is 3.05. The van der Waals surface area contributed by atoms with E-state index in [2.05, 4.69) is 17.4 Å². The van der Waals surface area contributed by atoms with Crippen LogP contribution in [0.3, 0.4) is 0 Å². The van der Waals surface area contributed by atoms with Crippen molar-refractivity contribution in [1.29, 1.82) is 0 Å². The number of esters is 1. The van der Waals surface area contributed by atoms with Gasteiger partial charge in [-0.15, -0.1) is 0 Å². The van der Waals surface area contributed by atoms with E-state index in [1.54, 1.807) is 0 Å². The molecule has 0 unspecified atom stereocenters. The number of nitrogens with one attached hydrogen (secondary N) is 1. The summed E-state index contributed by atoms with van der Waals surface area (Å²) < 4.78 is 5.33. The van der Waals surface area contributed by atoms with Crippen LogP contribution in [0.2, 0.25) is 0 Å². The summed E-state index contributed by atoms with van der Waals surface area (Å²) in [6.07, 6.45) is 6.40. The van der Waals surface area contributed by atoms with Crippen molar-refractivity contribution in [2.24, 2.45) is 0 Å². The van der Waals surface area contributed by atoms with Crippen LogP contribution in [0, 0.1) is 0 Å². The molecule has 1 aromatic rings. The van der Waals surface area contributed by atoms with E-state index in [0.717, 1.165) is 32.2 Å². The maximum Gasteiger partial charge on any atom is 0.326 e. The molecule has 2 rings (SSSR count). The second-order valence-corrected chi connectivity index (χ2v) is 5.56. The Bertz CT molecular complexity index is 408. The van der Waals surface area contributed by atoms with Crippen molar-refractivity contribution in [3.05, 3.63) is 35.9 Å². The van der Waals surface area contributed by atoms with E-state index >= 15 is 0 Å². The smallest absolute Gasteiger partial charge is 0.326 e. The topological polar surface area (TPSA) is 38.3 Å². The van der Waals surface area contributed by atoms with E-state index in [1.165, 1.54) is 18.4 Å². The van der Waals surface area contributed by atoms with E-state index in [4.69, 9.17) is 4.74 Å². The Morgan fingerprint density at radius 1 is 1.15 bits per heavy atom. The Balaban J connectivity index is 2.07. The first-order chi connectivity index (χ1) is 9.77. The van der Waals surface area contributed by atoms with E-state index < -0.39 is 5.54 Å². The average Bonchev–Trinajstić information content (AvgIpc) is 2.73. The van der Waals surface area contributed by atoms with E-state index in [1.807, 2.05) is 25.1 Å². The van der Waals surface area contributed by atoms with Crippen LogP contribution in [0.15, 0.2) is 30.3 Å². The van der Waals surface area contributed by atoms with Gasteiger partial charge in [0.2, 0.25) is 0 Å². The Hall–Kier alpha value is -1.35. The molecule has 1 aliphatic rings. The van der Waals surface area contributed by atoms with Crippen molar-refractivity contribution >= 4 is 5.97 Å². The lowest BCUT2D eigenvalue weighted by Crippen LogP contribution is -2.52. The Kier molecular flexibility index (Phi) is 5.60. The minimum atomic E-state index is -0.484. The second-order valence-electron chi connectivity index (χ2n) is 5.56. The SMILES string of the molecule is CCOC(=O)C1(NCc2ccccc2)CCCCCC1. The molecule has 1 aromatic carbocycles. The monoisotopic (exact) mass is 275 g/mol. The molecule has 1 aliphatic carbocycles. The summed E-state index contributed by atoms with van der Waals surface area (Å²) in [5.74, 6) is -0.0715. The van der Waals surface area contributed by atoms with Gasteiger partial charge in [-0.3, -0.25) is 10.1 Å². The van der Waals surface area contributed by atoms with Gasteiger partial charge in [0, 0.05) is 6.54 Å². The van der Waals surface area contributed by atoms with Gasteiger partial charge in [0.1, 0.15) is 5.54 Å². The zero-order chi connectivity index (χ0) is 14.3. The van der Waals surface area contributed by atoms with E-state index in [0.29, 0.717) is 6.61 Å². The highest BCUT2D eigenvalue weighted by atomic mass is 16.5. The zero-order valence-corrected chi connectivity index (χ0v) is 12.4. The minimum Gasteiger partial charge on any atom is -0.465 e. The molecule has 1 fully saturated rings. The highest BCUT2D eigenvalue weighted by Crippen LogP contribution is 2.29.